The Hall–Kier alpha value is -3.38. The summed E-state index contributed by atoms with van der Waals surface area (Å²) in [5, 5.41) is 8.03. The number of amides is 1. The normalized spacial score (nSPS) is 16.2. The van der Waals surface area contributed by atoms with Gasteiger partial charge in [0, 0.05) is 25.1 Å². The van der Waals surface area contributed by atoms with Gasteiger partial charge >= 0.3 is 12.3 Å². The highest BCUT2D eigenvalue weighted by atomic mass is 19.4. The molecule has 10 nitrogen and oxygen atoms in total. The lowest BCUT2D eigenvalue weighted by Crippen LogP contribution is -2.41. The van der Waals surface area contributed by atoms with Gasteiger partial charge in [0.2, 0.25) is 11.7 Å². The van der Waals surface area contributed by atoms with Gasteiger partial charge in [-0.25, -0.2) is 9.31 Å². The molecular formula is C22H27F3N6O4. The summed E-state index contributed by atoms with van der Waals surface area (Å²) in [6.07, 6.45) is -2.44. The standard InChI is InChI=1S/C22H27F3N6O4/c1-20(2,3)34-19(33)30-8-6-12(7-9-30)14-10-15(32)27-17-13(11-26-31(14)17)16-28-18(35-29-16)21(4,5)22(23,24)25/h10-12H,6-9H2,1-5H3,(H,27,32). The first kappa shape index (κ1) is 24.7. The number of fused-ring (bicyclic) bond motifs is 1. The third-order valence-corrected chi connectivity index (χ3v) is 6.01. The first-order valence-corrected chi connectivity index (χ1v) is 11.2. The molecule has 0 unspecified atom stereocenters. The van der Waals surface area contributed by atoms with E-state index in [0.717, 1.165) is 13.8 Å². The Kier molecular flexibility index (Phi) is 5.92. The highest BCUT2D eigenvalue weighted by molar-refractivity contribution is 5.72. The highest BCUT2D eigenvalue weighted by Crippen LogP contribution is 2.40. The number of ether oxygens (including phenoxy) is 1. The zero-order valence-electron chi connectivity index (χ0n) is 20.1. The first-order valence-electron chi connectivity index (χ1n) is 11.2. The fraction of sp³-hybridized carbons (Fsp3) is 0.591. The molecular weight excluding hydrogens is 469 g/mol. The van der Waals surface area contributed by atoms with E-state index < -0.39 is 28.6 Å². The molecule has 190 valence electrons. The van der Waals surface area contributed by atoms with Crippen LogP contribution in [0.3, 0.4) is 0 Å². The quantitative estimate of drug-likeness (QED) is 0.582. The summed E-state index contributed by atoms with van der Waals surface area (Å²) in [4.78, 5) is 33.0. The molecule has 0 saturated carbocycles. The minimum Gasteiger partial charge on any atom is -0.444 e. The summed E-state index contributed by atoms with van der Waals surface area (Å²) in [7, 11) is 0. The maximum absolute atomic E-state index is 13.4. The van der Waals surface area contributed by atoms with Gasteiger partial charge in [-0.3, -0.25) is 4.79 Å². The number of nitrogens with one attached hydrogen (secondary N) is 1. The molecule has 1 N–H and O–H groups in total. The molecule has 1 aliphatic rings. The van der Waals surface area contributed by atoms with Crippen molar-refractivity contribution in [2.45, 2.75) is 70.6 Å². The summed E-state index contributed by atoms with van der Waals surface area (Å²) < 4.78 is 52.0. The molecule has 1 aliphatic heterocycles. The number of likely N-dealkylation sites (tertiary alicyclic amines) is 1. The van der Waals surface area contributed by atoms with Crippen molar-refractivity contribution in [3.8, 4) is 11.4 Å². The predicted molar refractivity (Wildman–Crippen MR) is 118 cm³/mol. The van der Waals surface area contributed by atoms with Crippen molar-refractivity contribution in [3.05, 3.63) is 34.2 Å². The fourth-order valence-corrected chi connectivity index (χ4v) is 3.86. The van der Waals surface area contributed by atoms with Crippen LogP contribution in [0, 0.1) is 0 Å². The van der Waals surface area contributed by atoms with Gasteiger partial charge < -0.3 is 19.1 Å². The van der Waals surface area contributed by atoms with Crippen LogP contribution in [0.15, 0.2) is 21.6 Å². The van der Waals surface area contributed by atoms with Gasteiger partial charge in [0.15, 0.2) is 0 Å². The second-order valence-corrected chi connectivity index (χ2v) is 10.2. The number of piperidine rings is 1. The van der Waals surface area contributed by atoms with Crippen LogP contribution in [0.2, 0.25) is 0 Å². The number of alkyl halides is 3. The Balaban J connectivity index is 1.61. The van der Waals surface area contributed by atoms with Crippen molar-refractivity contribution < 1.29 is 27.2 Å². The van der Waals surface area contributed by atoms with Gasteiger partial charge in [0.25, 0.3) is 5.56 Å². The van der Waals surface area contributed by atoms with E-state index in [4.69, 9.17) is 9.26 Å². The summed E-state index contributed by atoms with van der Waals surface area (Å²) in [5.41, 5.74) is -2.23. The third-order valence-electron chi connectivity index (χ3n) is 6.01. The molecule has 0 bridgehead atoms. The molecule has 1 saturated heterocycles. The average molecular weight is 496 g/mol. The van der Waals surface area contributed by atoms with E-state index >= 15 is 0 Å². The number of hydrogen-bond donors (Lipinski definition) is 1. The zero-order chi connectivity index (χ0) is 25.8. The summed E-state index contributed by atoms with van der Waals surface area (Å²) in [6.45, 7) is 8.20. The number of rotatable bonds is 3. The number of halogens is 3. The topological polar surface area (TPSA) is 119 Å². The summed E-state index contributed by atoms with van der Waals surface area (Å²) in [5.74, 6) is -0.775. The molecule has 0 radical (unpaired) electrons. The Labute approximate surface area is 198 Å². The van der Waals surface area contributed by atoms with E-state index in [9.17, 15) is 22.8 Å². The number of aromatic amines is 1. The number of H-pyrrole nitrogens is 1. The third kappa shape index (κ3) is 4.76. The maximum Gasteiger partial charge on any atom is 0.410 e. The maximum atomic E-state index is 13.4. The Morgan fingerprint density at radius 3 is 2.43 bits per heavy atom. The largest absolute Gasteiger partial charge is 0.444 e. The smallest absolute Gasteiger partial charge is 0.410 e. The number of nitrogens with zero attached hydrogens (tertiary/aromatic N) is 5. The van der Waals surface area contributed by atoms with Crippen molar-refractivity contribution in [2.75, 3.05) is 13.1 Å². The van der Waals surface area contributed by atoms with Crippen molar-refractivity contribution in [1.29, 1.82) is 0 Å². The summed E-state index contributed by atoms with van der Waals surface area (Å²) >= 11 is 0. The van der Waals surface area contributed by atoms with E-state index in [0.29, 0.717) is 31.6 Å². The van der Waals surface area contributed by atoms with Crippen LogP contribution >= 0.6 is 0 Å². The minimum atomic E-state index is -4.59. The number of aromatic nitrogens is 5. The Morgan fingerprint density at radius 1 is 1.17 bits per heavy atom. The fourth-order valence-electron chi connectivity index (χ4n) is 3.86. The van der Waals surface area contributed by atoms with Gasteiger partial charge in [0.05, 0.1) is 17.5 Å². The number of carbonyl (C=O) groups is 1. The number of carbonyl (C=O) groups excluding carboxylic acids is 1. The van der Waals surface area contributed by atoms with Crippen LogP contribution in [-0.4, -0.2) is 60.6 Å². The average Bonchev–Trinajstić information content (AvgIpc) is 3.38. The van der Waals surface area contributed by atoms with E-state index in [1.165, 1.54) is 16.8 Å². The lowest BCUT2D eigenvalue weighted by atomic mass is 9.93. The molecule has 0 aromatic carbocycles. The molecule has 0 aliphatic carbocycles. The molecule has 0 atom stereocenters. The van der Waals surface area contributed by atoms with Crippen molar-refractivity contribution >= 4 is 11.7 Å². The lowest BCUT2D eigenvalue weighted by Gasteiger charge is -2.33. The number of hydrogen-bond acceptors (Lipinski definition) is 7. The van der Waals surface area contributed by atoms with Gasteiger partial charge in [-0.1, -0.05) is 5.16 Å². The first-order chi connectivity index (χ1) is 16.2. The monoisotopic (exact) mass is 496 g/mol. The van der Waals surface area contributed by atoms with Crippen molar-refractivity contribution in [1.82, 2.24) is 29.6 Å². The molecule has 35 heavy (non-hydrogen) atoms. The molecule has 0 spiro atoms. The van der Waals surface area contributed by atoms with Crippen LogP contribution in [0.5, 0.6) is 0 Å². The highest BCUT2D eigenvalue weighted by Gasteiger charge is 2.52. The zero-order valence-corrected chi connectivity index (χ0v) is 20.1. The minimum absolute atomic E-state index is 0.0729. The van der Waals surface area contributed by atoms with E-state index in [1.807, 2.05) is 0 Å². The van der Waals surface area contributed by atoms with Crippen LogP contribution in [0.25, 0.3) is 17.0 Å². The van der Waals surface area contributed by atoms with E-state index in [2.05, 4.69) is 20.2 Å². The van der Waals surface area contributed by atoms with Crippen molar-refractivity contribution in [3.63, 3.8) is 0 Å². The van der Waals surface area contributed by atoms with Crippen LogP contribution in [0.1, 0.15) is 65.0 Å². The van der Waals surface area contributed by atoms with Gasteiger partial charge in [-0.2, -0.15) is 23.3 Å². The Bertz CT molecular complexity index is 1290. The van der Waals surface area contributed by atoms with E-state index in [-0.39, 0.29) is 29.0 Å². The molecule has 1 fully saturated rings. The Morgan fingerprint density at radius 2 is 1.83 bits per heavy atom. The second kappa shape index (κ2) is 8.38. The molecule has 1 amide bonds. The van der Waals surface area contributed by atoms with Gasteiger partial charge in [-0.15, -0.1) is 0 Å². The lowest BCUT2D eigenvalue weighted by molar-refractivity contribution is -0.186. The summed E-state index contributed by atoms with van der Waals surface area (Å²) in [6, 6.07) is 1.44. The molecule has 4 heterocycles. The molecule has 3 aromatic rings. The molecule has 4 rings (SSSR count). The van der Waals surface area contributed by atoms with Gasteiger partial charge in [-0.05, 0) is 47.5 Å². The van der Waals surface area contributed by atoms with Crippen LogP contribution < -0.4 is 5.56 Å². The SMILES string of the molecule is CC(C)(C)OC(=O)N1CCC(c2cc(=O)[nH]c3c(-c4noc(C(C)(C)C(F)(F)F)n4)cnn23)CC1. The van der Waals surface area contributed by atoms with E-state index in [1.54, 1.807) is 25.7 Å². The molecule has 3 aromatic heterocycles. The van der Waals surface area contributed by atoms with Crippen LogP contribution in [-0.2, 0) is 10.2 Å². The molecule has 13 heteroatoms. The van der Waals surface area contributed by atoms with Crippen LogP contribution in [0.4, 0.5) is 18.0 Å². The second-order valence-electron chi connectivity index (χ2n) is 10.2. The van der Waals surface area contributed by atoms with Crippen molar-refractivity contribution in [2.24, 2.45) is 0 Å². The predicted octanol–water partition coefficient (Wildman–Crippen LogP) is 4.03. The van der Waals surface area contributed by atoms with Gasteiger partial charge in [0.1, 0.15) is 16.7 Å².